The molecule has 4 rings (SSSR count). The minimum Gasteiger partial charge on any atom is -0.331 e. The topological polar surface area (TPSA) is 35.1 Å². The van der Waals surface area contributed by atoms with Gasteiger partial charge in [-0.05, 0) is 24.6 Å². The lowest BCUT2D eigenvalue weighted by atomic mass is 10.1. The summed E-state index contributed by atoms with van der Waals surface area (Å²) in [5.74, 6) is 1.01. The normalized spacial score (nSPS) is 11.2. The summed E-state index contributed by atoms with van der Waals surface area (Å²) in [6.45, 7) is 2.01. The Morgan fingerprint density at radius 1 is 0.818 bits per heavy atom. The minimum absolute atomic E-state index is 0.962. The summed E-state index contributed by atoms with van der Waals surface area (Å²) in [6.07, 6.45) is 5.87. The van der Waals surface area contributed by atoms with Gasteiger partial charge < -0.3 is 4.57 Å². The standard InChI is InChI=1S/C18H16N4/c1-13-19-11-16(21(13)2)14-6-8-15(9-7-14)17-12-20-18-5-3-4-10-22(17)18/h3-12H,1-2H3. The molecule has 4 aromatic rings. The highest BCUT2D eigenvalue weighted by Gasteiger charge is 2.08. The summed E-state index contributed by atoms with van der Waals surface area (Å²) in [7, 11) is 2.04. The first kappa shape index (κ1) is 12.8. The predicted molar refractivity (Wildman–Crippen MR) is 87.6 cm³/mol. The molecule has 0 unspecified atom stereocenters. The van der Waals surface area contributed by atoms with Crippen LogP contribution in [0.25, 0.3) is 28.2 Å². The Balaban J connectivity index is 1.77. The molecule has 0 aliphatic heterocycles. The molecule has 4 heteroatoms. The van der Waals surface area contributed by atoms with Gasteiger partial charge in [0.05, 0.1) is 23.8 Å². The largest absolute Gasteiger partial charge is 0.331 e. The number of aromatic nitrogens is 4. The first-order valence-corrected chi connectivity index (χ1v) is 7.25. The van der Waals surface area contributed by atoms with Crippen molar-refractivity contribution in [1.82, 2.24) is 18.9 Å². The van der Waals surface area contributed by atoms with Crippen LogP contribution in [-0.2, 0) is 7.05 Å². The minimum atomic E-state index is 0.962. The maximum absolute atomic E-state index is 4.44. The fourth-order valence-electron chi connectivity index (χ4n) is 2.73. The average molecular weight is 288 g/mol. The van der Waals surface area contributed by atoms with E-state index in [1.165, 1.54) is 5.56 Å². The van der Waals surface area contributed by atoms with Crippen LogP contribution in [0.15, 0.2) is 61.1 Å². The van der Waals surface area contributed by atoms with Crippen LogP contribution in [-0.4, -0.2) is 18.9 Å². The van der Waals surface area contributed by atoms with Gasteiger partial charge in [0, 0.05) is 18.8 Å². The highest BCUT2D eigenvalue weighted by molar-refractivity contribution is 5.68. The van der Waals surface area contributed by atoms with E-state index in [1.54, 1.807) is 0 Å². The van der Waals surface area contributed by atoms with Gasteiger partial charge in [-0.3, -0.25) is 4.40 Å². The molecule has 0 aliphatic carbocycles. The van der Waals surface area contributed by atoms with Crippen LogP contribution in [0.1, 0.15) is 5.82 Å². The zero-order valence-electron chi connectivity index (χ0n) is 12.6. The molecule has 0 aliphatic rings. The number of nitrogens with zero attached hydrogens (tertiary/aromatic N) is 4. The molecule has 0 bridgehead atoms. The van der Waals surface area contributed by atoms with Crippen molar-refractivity contribution in [2.45, 2.75) is 6.92 Å². The van der Waals surface area contributed by atoms with E-state index in [0.29, 0.717) is 0 Å². The van der Waals surface area contributed by atoms with Crippen LogP contribution >= 0.6 is 0 Å². The van der Waals surface area contributed by atoms with E-state index in [2.05, 4.69) is 43.2 Å². The Hall–Kier alpha value is -2.88. The summed E-state index contributed by atoms with van der Waals surface area (Å²) in [5, 5.41) is 0. The number of pyridine rings is 1. The predicted octanol–water partition coefficient (Wildman–Crippen LogP) is 3.71. The summed E-state index contributed by atoms with van der Waals surface area (Å²) < 4.78 is 4.20. The number of benzene rings is 1. The molecule has 0 saturated heterocycles. The summed E-state index contributed by atoms with van der Waals surface area (Å²) in [4.78, 5) is 8.80. The summed E-state index contributed by atoms with van der Waals surface area (Å²) in [6, 6.07) is 14.6. The third-order valence-electron chi connectivity index (χ3n) is 4.11. The van der Waals surface area contributed by atoms with Crippen molar-refractivity contribution in [1.29, 1.82) is 0 Å². The van der Waals surface area contributed by atoms with Gasteiger partial charge in [-0.15, -0.1) is 0 Å². The van der Waals surface area contributed by atoms with Gasteiger partial charge in [0.15, 0.2) is 0 Å². The van der Waals surface area contributed by atoms with E-state index >= 15 is 0 Å². The number of rotatable bonds is 2. The van der Waals surface area contributed by atoms with Crippen molar-refractivity contribution >= 4 is 5.65 Å². The van der Waals surface area contributed by atoms with Gasteiger partial charge in [-0.2, -0.15) is 0 Å². The smallest absolute Gasteiger partial charge is 0.137 e. The fourth-order valence-corrected chi connectivity index (χ4v) is 2.73. The second-order valence-corrected chi connectivity index (χ2v) is 5.40. The van der Waals surface area contributed by atoms with Gasteiger partial charge in [0.2, 0.25) is 0 Å². The molecular formula is C18H16N4. The van der Waals surface area contributed by atoms with E-state index < -0.39 is 0 Å². The van der Waals surface area contributed by atoms with Crippen LogP contribution in [0, 0.1) is 6.92 Å². The Labute approximate surface area is 128 Å². The van der Waals surface area contributed by atoms with Gasteiger partial charge in [0.25, 0.3) is 0 Å². The first-order chi connectivity index (χ1) is 10.7. The highest BCUT2D eigenvalue weighted by atomic mass is 15.0. The van der Waals surface area contributed by atoms with Crippen molar-refractivity contribution in [3.63, 3.8) is 0 Å². The zero-order chi connectivity index (χ0) is 15.1. The molecule has 0 N–H and O–H groups in total. The fraction of sp³-hybridized carbons (Fsp3) is 0.111. The molecule has 22 heavy (non-hydrogen) atoms. The van der Waals surface area contributed by atoms with E-state index in [9.17, 15) is 0 Å². The third-order valence-corrected chi connectivity index (χ3v) is 4.11. The van der Waals surface area contributed by atoms with E-state index in [4.69, 9.17) is 0 Å². The molecular weight excluding hydrogens is 272 g/mol. The molecule has 0 fully saturated rings. The average Bonchev–Trinajstić information content (AvgIpc) is 3.12. The van der Waals surface area contributed by atoms with Crippen LogP contribution < -0.4 is 0 Å². The lowest BCUT2D eigenvalue weighted by molar-refractivity contribution is 0.865. The maximum atomic E-state index is 4.44. The molecule has 3 aromatic heterocycles. The first-order valence-electron chi connectivity index (χ1n) is 7.25. The van der Waals surface area contributed by atoms with Crippen molar-refractivity contribution in [3.05, 3.63) is 66.9 Å². The molecule has 3 heterocycles. The van der Waals surface area contributed by atoms with Gasteiger partial charge in [-0.1, -0.05) is 30.3 Å². The third kappa shape index (κ3) is 1.92. The molecule has 108 valence electrons. The SMILES string of the molecule is Cc1ncc(-c2ccc(-c3cnc4ccccn34)cc2)n1C. The molecule has 0 radical (unpaired) electrons. The second-order valence-electron chi connectivity index (χ2n) is 5.40. The quantitative estimate of drug-likeness (QED) is 0.563. The monoisotopic (exact) mass is 288 g/mol. The van der Waals surface area contributed by atoms with Crippen LogP contribution in [0.4, 0.5) is 0 Å². The lowest BCUT2D eigenvalue weighted by Gasteiger charge is -2.06. The maximum Gasteiger partial charge on any atom is 0.137 e. The number of hydrogen-bond donors (Lipinski definition) is 0. The molecule has 0 atom stereocenters. The molecule has 1 aromatic carbocycles. The van der Waals surface area contributed by atoms with Gasteiger partial charge >= 0.3 is 0 Å². The van der Waals surface area contributed by atoms with Crippen molar-refractivity contribution in [2.24, 2.45) is 7.05 Å². The second kappa shape index (κ2) is 4.84. The Bertz CT molecular complexity index is 945. The summed E-state index contributed by atoms with van der Waals surface area (Å²) >= 11 is 0. The Morgan fingerprint density at radius 2 is 1.50 bits per heavy atom. The summed E-state index contributed by atoms with van der Waals surface area (Å²) in [5.41, 5.74) is 5.51. The zero-order valence-corrected chi connectivity index (χ0v) is 12.6. The number of fused-ring (bicyclic) bond motifs is 1. The Kier molecular flexibility index (Phi) is 2.82. The van der Waals surface area contributed by atoms with E-state index in [0.717, 1.165) is 28.4 Å². The lowest BCUT2D eigenvalue weighted by Crippen LogP contribution is -1.94. The van der Waals surface area contributed by atoms with E-state index in [-0.39, 0.29) is 0 Å². The van der Waals surface area contributed by atoms with Crippen LogP contribution in [0.2, 0.25) is 0 Å². The molecule has 0 amide bonds. The molecule has 4 nitrogen and oxygen atoms in total. The van der Waals surface area contributed by atoms with Crippen LogP contribution in [0.3, 0.4) is 0 Å². The van der Waals surface area contributed by atoms with Crippen molar-refractivity contribution in [2.75, 3.05) is 0 Å². The van der Waals surface area contributed by atoms with Crippen molar-refractivity contribution < 1.29 is 0 Å². The molecule has 0 saturated carbocycles. The van der Waals surface area contributed by atoms with E-state index in [1.807, 2.05) is 50.8 Å². The number of imidazole rings is 2. The number of aryl methyl sites for hydroxylation is 1. The van der Waals surface area contributed by atoms with Crippen molar-refractivity contribution in [3.8, 4) is 22.5 Å². The highest BCUT2D eigenvalue weighted by Crippen LogP contribution is 2.25. The number of hydrogen-bond acceptors (Lipinski definition) is 2. The molecule has 0 spiro atoms. The van der Waals surface area contributed by atoms with Gasteiger partial charge in [0.1, 0.15) is 11.5 Å². The van der Waals surface area contributed by atoms with Gasteiger partial charge in [-0.25, -0.2) is 9.97 Å². The van der Waals surface area contributed by atoms with Crippen LogP contribution in [0.5, 0.6) is 0 Å². The Morgan fingerprint density at radius 3 is 2.18 bits per heavy atom.